The van der Waals surface area contributed by atoms with Gasteiger partial charge in [-0.2, -0.15) is 0 Å². The summed E-state index contributed by atoms with van der Waals surface area (Å²) in [6.45, 7) is 5.25. The predicted molar refractivity (Wildman–Crippen MR) is 104 cm³/mol. The van der Waals surface area contributed by atoms with E-state index in [0.29, 0.717) is 5.75 Å². The fraction of sp³-hybridized carbons (Fsp3) is 0.278. The molecule has 10 heteroatoms. The Hall–Kier alpha value is -3.14. The Morgan fingerprint density at radius 2 is 1.75 bits per heavy atom. The molecule has 0 aliphatic rings. The molecule has 0 heterocycles. The number of hydrogen-bond acceptors (Lipinski definition) is 6. The van der Waals surface area contributed by atoms with E-state index in [2.05, 4.69) is 10.0 Å². The third kappa shape index (κ3) is 5.68. The van der Waals surface area contributed by atoms with Crippen molar-refractivity contribution in [2.45, 2.75) is 37.8 Å². The number of anilines is 1. The Labute approximate surface area is 162 Å². The second-order valence-electron chi connectivity index (χ2n) is 6.31. The number of nitrogens with zero attached hydrogens (tertiary/aromatic N) is 1. The molecule has 0 spiro atoms. The van der Waals surface area contributed by atoms with Crippen LogP contribution in [0.2, 0.25) is 0 Å². The number of non-ortho nitro benzene ring substituents is 1. The number of benzene rings is 2. The summed E-state index contributed by atoms with van der Waals surface area (Å²) in [5, 5.41) is 13.5. The molecule has 0 aliphatic heterocycles. The molecule has 0 saturated heterocycles. The molecule has 150 valence electrons. The lowest BCUT2D eigenvalue weighted by Crippen LogP contribution is -2.40. The van der Waals surface area contributed by atoms with Gasteiger partial charge in [0.2, 0.25) is 0 Å². The molecule has 1 amide bonds. The first kappa shape index (κ1) is 21.2. The van der Waals surface area contributed by atoms with Gasteiger partial charge in [-0.1, -0.05) is 6.07 Å². The van der Waals surface area contributed by atoms with Gasteiger partial charge in [-0.05, 0) is 51.1 Å². The number of carbonyl (C=O) groups excluding carboxylic acids is 1. The molecule has 0 fully saturated rings. The van der Waals surface area contributed by atoms with Crippen molar-refractivity contribution in [3.8, 4) is 5.75 Å². The summed E-state index contributed by atoms with van der Waals surface area (Å²) in [4.78, 5) is 22.0. The van der Waals surface area contributed by atoms with Gasteiger partial charge in [0.05, 0.1) is 15.5 Å². The normalized spacial score (nSPS) is 12.3. The first-order valence-corrected chi connectivity index (χ1v) is 9.91. The van der Waals surface area contributed by atoms with E-state index in [9.17, 15) is 23.3 Å². The molecule has 0 bridgehead atoms. The average molecular weight is 407 g/mol. The van der Waals surface area contributed by atoms with Gasteiger partial charge in [-0.25, -0.2) is 8.42 Å². The van der Waals surface area contributed by atoms with Crippen molar-refractivity contribution >= 4 is 27.3 Å². The molecule has 1 atom stereocenters. The molecular weight excluding hydrogens is 386 g/mol. The first-order chi connectivity index (χ1) is 13.1. The fourth-order valence-electron chi connectivity index (χ4n) is 2.25. The maximum absolute atomic E-state index is 12.5. The summed E-state index contributed by atoms with van der Waals surface area (Å²) in [7, 11) is -3.94. The SMILES string of the molecule is CC(C)NC(=O)[C@H](C)Oc1ccc(S(=O)(=O)Nc2cccc([N+](=O)[O-])c2)cc1. The summed E-state index contributed by atoms with van der Waals surface area (Å²) < 4.78 is 32.7. The Bertz CT molecular complexity index is 958. The van der Waals surface area contributed by atoms with Crippen LogP contribution < -0.4 is 14.8 Å². The van der Waals surface area contributed by atoms with E-state index in [-0.39, 0.29) is 28.2 Å². The van der Waals surface area contributed by atoms with E-state index < -0.39 is 21.1 Å². The van der Waals surface area contributed by atoms with E-state index in [1.54, 1.807) is 6.92 Å². The van der Waals surface area contributed by atoms with Gasteiger partial charge in [0.25, 0.3) is 21.6 Å². The summed E-state index contributed by atoms with van der Waals surface area (Å²) in [6.07, 6.45) is -0.743. The average Bonchev–Trinajstić information content (AvgIpc) is 2.61. The maximum Gasteiger partial charge on any atom is 0.271 e. The lowest BCUT2D eigenvalue weighted by Gasteiger charge is -2.16. The Morgan fingerprint density at radius 3 is 2.32 bits per heavy atom. The van der Waals surface area contributed by atoms with Crippen LogP contribution >= 0.6 is 0 Å². The molecule has 0 unspecified atom stereocenters. The Balaban J connectivity index is 2.10. The van der Waals surface area contributed by atoms with Crippen molar-refractivity contribution in [2.75, 3.05) is 4.72 Å². The number of nitrogens with one attached hydrogen (secondary N) is 2. The van der Waals surface area contributed by atoms with Gasteiger partial charge in [0.15, 0.2) is 6.10 Å². The van der Waals surface area contributed by atoms with Crippen LogP contribution in [0.5, 0.6) is 5.75 Å². The van der Waals surface area contributed by atoms with Crippen molar-refractivity contribution < 1.29 is 22.9 Å². The number of rotatable bonds is 8. The smallest absolute Gasteiger partial charge is 0.271 e. The second kappa shape index (κ2) is 8.70. The van der Waals surface area contributed by atoms with Crippen molar-refractivity contribution in [3.63, 3.8) is 0 Å². The largest absolute Gasteiger partial charge is 0.481 e. The van der Waals surface area contributed by atoms with E-state index in [1.807, 2.05) is 13.8 Å². The maximum atomic E-state index is 12.5. The van der Waals surface area contributed by atoms with Crippen LogP contribution in [0.15, 0.2) is 53.4 Å². The molecule has 0 aromatic heterocycles. The van der Waals surface area contributed by atoms with E-state index >= 15 is 0 Å². The van der Waals surface area contributed by atoms with Crippen molar-refractivity contribution in [2.24, 2.45) is 0 Å². The second-order valence-corrected chi connectivity index (χ2v) is 7.99. The molecule has 28 heavy (non-hydrogen) atoms. The lowest BCUT2D eigenvalue weighted by atomic mass is 10.3. The van der Waals surface area contributed by atoms with Crippen LogP contribution in [0.4, 0.5) is 11.4 Å². The highest BCUT2D eigenvalue weighted by Gasteiger charge is 2.18. The van der Waals surface area contributed by atoms with Gasteiger partial charge in [-0.3, -0.25) is 19.6 Å². The van der Waals surface area contributed by atoms with Gasteiger partial charge in [0.1, 0.15) is 5.75 Å². The van der Waals surface area contributed by atoms with E-state index in [0.717, 1.165) is 6.07 Å². The van der Waals surface area contributed by atoms with Gasteiger partial charge >= 0.3 is 0 Å². The number of carbonyl (C=O) groups is 1. The fourth-order valence-corrected chi connectivity index (χ4v) is 3.30. The van der Waals surface area contributed by atoms with Crippen molar-refractivity contribution in [1.82, 2.24) is 5.32 Å². The van der Waals surface area contributed by atoms with E-state index in [4.69, 9.17) is 4.74 Å². The lowest BCUT2D eigenvalue weighted by molar-refractivity contribution is -0.384. The zero-order chi connectivity index (χ0) is 20.9. The third-order valence-corrected chi connectivity index (χ3v) is 4.95. The van der Waals surface area contributed by atoms with E-state index in [1.165, 1.54) is 42.5 Å². The summed E-state index contributed by atoms with van der Waals surface area (Å²) >= 11 is 0. The highest BCUT2D eigenvalue weighted by atomic mass is 32.2. The van der Waals surface area contributed by atoms with Gasteiger partial charge in [-0.15, -0.1) is 0 Å². The quantitative estimate of drug-likeness (QED) is 0.511. The summed E-state index contributed by atoms with van der Waals surface area (Å²) in [6, 6.07) is 10.7. The van der Waals surface area contributed by atoms with Crippen LogP contribution in [0.3, 0.4) is 0 Å². The van der Waals surface area contributed by atoms with Crippen LogP contribution in [-0.4, -0.2) is 31.4 Å². The number of hydrogen-bond donors (Lipinski definition) is 2. The Morgan fingerprint density at radius 1 is 1.11 bits per heavy atom. The standard InChI is InChI=1S/C18H21N3O6S/c1-12(2)19-18(22)13(3)27-16-7-9-17(10-8-16)28(25,26)20-14-5-4-6-15(11-14)21(23)24/h4-13,20H,1-3H3,(H,19,22)/t13-/m0/s1. The molecular formula is C18H21N3O6S. The van der Waals surface area contributed by atoms with Crippen LogP contribution in [0, 0.1) is 10.1 Å². The minimum atomic E-state index is -3.94. The van der Waals surface area contributed by atoms with Gasteiger partial charge in [0, 0.05) is 18.2 Å². The van der Waals surface area contributed by atoms with Crippen LogP contribution in [0.25, 0.3) is 0 Å². The summed E-state index contributed by atoms with van der Waals surface area (Å²) in [5.74, 6) is 0.0553. The minimum Gasteiger partial charge on any atom is -0.481 e. The molecule has 0 radical (unpaired) electrons. The van der Waals surface area contributed by atoms with Crippen LogP contribution in [-0.2, 0) is 14.8 Å². The molecule has 0 saturated carbocycles. The minimum absolute atomic E-state index is 0.0223. The topological polar surface area (TPSA) is 128 Å². The zero-order valence-electron chi connectivity index (χ0n) is 15.6. The van der Waals surface area contributed by atoms with Crippen molar-refractivity contribution in [3.05, 3.63) is 58.6 Å². The zero-order valence-corrected chi connectivity index (χ0v) is 16.4. The predicted octanol–water partition coefficient (Wildman–Crippen LogP) is 2.69. The molecule has 2 rings (SSSR count). The molecule has 2 N–H and O–H groups in total. The number of nitro benzene ring substituents is 1. The number of amides is 1. The third-order valence-electron chi connectivity index (χ3n) is 3.56. The van der Waals surface area contributed by atoms with Crippen molar-refractivity contribution in [1.29, 1.82) is 0 Å². The summed E-state index contributed by atoms with van der Waals surface area (Å²) in [5.41, 5.74) is -0.147. The van der Waals surface area contributed by atoms with Crippen LogP contribution in [0.1, 0.15) is 20.8 Å². The molecule has 9 nitrogen and oxygen atoms in total. The Kier molecular flexibility index (Phi) is 6.57. The highest BCUT2D eigenvalue weighted by Crippen LogP contribution is 2.22. The highest BCUT2D eigenvalue weighted by molar-refractivity contribution is 7.92. The molecule has 2 aromatic rings. The molecule has 0 aliphatic carbocycles. The van der Waals surface area contributed by atoms with Gasteiger partial charge < -0.3 is 10.1 Å². The first-order valence-electron chi connectivity index (χ1n) is 8.43. The molecule has 2 aromatic carbocycles. The number of ether oxygens (including phenoxy) is 1. The number of sulfonamides is 1. The number of nitro groups is 1. The monoisotopic (exact) mass is 407 g/mol.